The highest BCUT2D eigenvalue weighted by atomic mass is 32.1. The molecule has 0 aliphatic rings. The standard InChI is InChI=1S/C25H47NO7S2Si/c1-6-31-36(32-7-2,33-8-3)21-11-16-26(17-14-24(27)29-19-9-12-22(4)34)18-15-25(28)30-20-10-13-23(5)35/h6-21H2,1-5H3. The number of carbonyl (C=O) groups is 2. The number of hydrogen-bond acceptors (Lipinski definition) is 10. The van der Waals surface area contributed by atoms with Crippen molar-refractivity contribution in [2.75, 3.05) is 52.7 Å². The van der Waals surface area contributed by atoms with Crippen LogP contribution in [-0.2, 0) is 32.3 Å². The lowest BCUT2D eigenvalue weighted by Gasteiger charge is -2.29. The second kappa shape index (κ2) is 22.2. The molecule has 0 spiro atoms. The maximum absolute atomic E-state index is 12.2. The van der Waals surface area contributed by atoms with E-state index in [0.29, 0.717) is 58.7 Å². The van der Waals surface area contributed by atoms with Crippen molar-refractivity contribution in [3.8, 4) is 0 Å². The lowest BCUT2D eigenvalue weighted by Crippen LogP contribution is -2.46. The first-order valence-electron chi connectivity index (χ1n) is 13.1. The molecule has 8 nitrogen and oxygen atoms in total. The summed E-state index contributed by atoms with van der Waals surface area (Å²) in [6.07, 6.45) is 4.28. The Balaban J connectivity index is 4.82. The molecule has 0 amide bonds. The van der Waals surface area contributed by atoms with E-state index in [9.17, 15) is 9.59 Å². The first-order chi connectivity index (χ1) is 17.2. The topological polar surface area (TPSA) is 83.5 Å². The molecule has 36 heavy (non-hydrogen) atoms. The summed E-state index contributed by atoms with van der Waals surface area (Å²) in [7, 11) is -2.75. The average Bonchev–Trinajstić information content (AvgIpc) is 2.81. The van der Waals surface area contributed by atoms with Crippen LogP contribution in [0.3, 0.4) is 0 Å². The van der Waals surface area contributed by atoms with E-state index in [2.05, 4.69) is 4.90 Å². The molecule has 0 bridgehead atoms. The summed E-state index contributed by atoms with van der Waals surface area (Å²) in [6.45, 7) is 13.6. The first-order valence-corrected chi connectivity index (χ1v) is 15.9. The summed E-state index contributed by atoms with van der Waals surface area (Å²) in [4.78, 5) is 28.3. The smallest absolute Gasteiger partial charge is 0.466 e. The zero-order valence-electron chi connectivity index (χ0n) is 22.9. The van der Waals surface area contributed by atoms with E-state index in [0.717, 1.165) is 41.8 Å². The van der Waals surface area contributed by atoms with Gasteiger partial charge in [-0.25, -0.2) is 0 Å². The Morgan fingerprint density at radius 3 is 1.44 bits per heavy atom. The minimum Gasteiger partial charge on any atom is -0.466 e. The van der Waals surface area contributed by atoms with Gasteiger partial charge in [0.05, 0.1) is 26.1 Å². The second-order valence-electron chi connectivity index (χ2n) is 8.48. The number of esters is 2. The maximum atomic E-state index is 12.2. The molecular formula is C25H47NO7S2Si. The molecular weight excluding hydrogens is 518 g/mol. The molecule has 0 rings (SSSR count). The van der Waals surface area contributed by atoms with Crippen molar-refractivity contribution >= 4 is 54.9 Å². The fourth-order valence-corrected chi connectivity index (χ4v) is 6.40. The van der Waals surface area contributed by atoms with Crippen molar-refractivity contribution < 1.29 is 32.3 Å². The molecule has 0 saturated heterocycles. The molecule has 0 saturated carbocycles. The third kappa shape index (κ3) is 19.3. The first kappa shape index (κ1) is 35.2. The Kier molecular flexibility index (Phi) is 21.7. The highest BCUT2D eigenvalue weighted by Gasteiger charge is 2.39. The van der Waals surface area contributed by atoms with Gasteiger partial charge >= 0.3 is 20.7 Å². The molecule has 0 aliphatic carbocycles. The Morgan fingerprint density at radius 1 is 0.667 bits per heavy atom. The predicted molar refractivity (Wildman–Crippen MR) is 153 cm³/mol. The van der Waals surface area contributed by atoms with E-state index in [1.807, 2.05) is 34.6 Å². The monoisotopic (exact) mass is 565 g/mol. The summed E-state index contributed by atoms with van der Waals surface area (Å²) < 4.78 is 28.5. The van der Waals surface area contributed by atoms with Crippen LogP contribution in [0.25, 0.3) is 0 Å². The Hall–Kier alpha value is -0.823. The van der Waals surface area contributed by atoms with E-state index >= 15 is 0 Å². The van der Waals surface area contributed by atoms with Crippen molar-refractivity contribution in [2.24, 2.45) is 0 Å². The lowest BCUT2D eigenvalue weighted by molar-refractivity contribution is -0.144. The molecule has 0 radical (unpaired) electrons. The van der Waals surface area contributed by atoms with Gasteiger partial charge in [-0.1, -0.05) is 24.4 Å². The van der Waals surface area contributed by atoms with Crippen molar-refractivity contribution in [1.29, 1.82) is 0 Å². The third-order valence-corrected chi connectivity index (χ3v) is 8.75. The van der Waals surface area contributed by atoms with Gasteiger partial charge in [0, 0.05) is 39.0 Å². The molecule has 11 heteroatoms. The summed E-state index contributed by atoms with van der Waals surface area (Å²) in [5.41, 5.74) is 0. The molecule has 0 aromatic carbocycles. The van der Waals surface area contributed by atoms with E-state index in [1.54, 1.807) is 0 Å². The number of hydrogen-bond donors (Lipinski definition) is 0. The van der Waals surface area contributed by atoms with Gasteiger partial charge in [0.25, 0.3) is 0 Å². The Morgan fingerprint density at radius 2 is 1.08 bits per heavy atom. The normalized spacial score (nSPS) is 11.5. The van der Waals surface area contributed by atoms with E-state index in [1.165, 1.54) is 0 Å². The number of nitrogens with zero attached hydrogens (tertiary/aromatic N) is 1. The third-order valence-electron chi connectivity index (χ3n) is 5.19. The highest BCUT2D eigenvalue weighted by Crippen LogP contribution is 2.19. The van der Waals surface area contributed by atoms with Crippen molar-refractivity contribution in [3.63, 3.8) is 0 Å². The SMILES string of the molecule is CCO[Si](CCCN(CCC(=O)OCCCC(C)=S)CCC(=O)OCCCC(C)=S)(OCC)OCC. The van der Waals surface area contributed by atoms with Gasteiger partial charge in [0.2, 0.25) is 0 Å². The van der Waals surface area contributed by atoms with E-state index in [4.69, 9.17) is 47.2 Å². The van der Waals surface area contributed by atoms with Gasteiger partial charge < -0.3 is 27.7 Å². The van der Waals surface area contributed by atoms with Crippen LogP contribution in [0.2, 0.25) is 6.04 Å². The molecule has 0 unspecified atom stereocenters. The van der Waals surface area contributed by atoms with Crippen LogP contribution < -0.4 is 0 Å². The predicted octanol–water partition coefficient (Wildman–Crippen LogP) is 4.93. The van der Waals surface area contributed by atoms with Crippen LogP contribution in [0.5, 0.6) is 0 Å². The largest absolute Gasteiger partial charge is 0.500 e. The number of rotatable bonds is 24. The number of thiocarbonyl (C=S) groups is 2. The molecule has 210 valence electrons. The van der Waals surface area contributed by atoms with Gasteiger partial charge in [0.1, 0.15) is 0 Å². The molecule has 0 aliphatic heterocycles. The maximum Gasteiger partial charge on any atom is 0.500 e. The molecule has 0 N–H and O–H groups in total. The minimum atomic E-state index is -2.75. The van der Waals surface area contributed by atoms with E-state index in [-0.39, 0.29) is 24.8 Å². The molecule has 0 heterocycles. The van der Waals surface area contributed by atoms with Crippen LogP contribution in [0, 0.1) is 0 Å². The van der Waals surface area contributed by atoms with Gasteiger partial charge in [0.15, 0.2) is 0 Å². The van der Waals surface area contributed by atoms with Crippen LogP contribution >= 0.6 is 24.4 Å². The van der Waals surface area contributed by atoms with Crippen LogP contribution in [0.1, 0.15) is 79.6 Å². The van der Waals surface area contributed by atoms with Crippen LogP contribution in [-0.4, -0.2) is 88.0 Å². The number of ether oxygens (including phenoxy) is 2. The van der Waals surface area contributed by atoms with Crippen LogP contribution in [0.4, 0.5) is 0 Å². The summed E-state index contributed by atoms with van der Waals surface area (Å²) >= 11 is 10.1. The average molecular weight is 566 g/mol. The van der Waals surface area contributed by atoms with Gasteiger partial charge in [-0.2, -0.15) is 0 Å². The fraction of sp³-hybridized carbons (Fsp3) is 0.840. The van der Waals surface area contributed by atoms with Gasteiger partial charge in [-0.3, -0.25) is 9.59 Å². The fourth-order valence-electron chi connectivity index (χ4n) is 3.51. The molecule has 0 aromatic rings. The van der Waals surface area contributed by atoms with Crippen molar-refractivity contribution in [3.05, 3.63) is 0 Å². The van der Waals surface area contributed by atoms with Gasteiger partial charge in [-0.05, 0) is 83.0 Å². The van der Waals surface area contributed by atoms with Gasteiger partial charge in [-0.15, -0.1) is 0 Å². The quantitative estimate of drug-likeness (QED) is 0.0695. The van der Waals surface area contributed by atoms with Crippen molar-refractivity contribution in [2.45, 2.75) is 85.6 Å². The van der Waals surface area contributed by atoms with Crippen LogP contribution in [0.15, 0.2) is 0 Å². The zero-order valence-corrected chi connectivity index (χ0v) is 25.6. The zero-order chi connectivity index (χ0) is 27.2. The molecule has 0 atom stereocenters. The summed E-state index contributed by atoms with van der Waals surface area (Å²) in [5.74, 6) is -0.497. The second-order valence-corrected chi connectivity index (χ2v) is 12.6. The summed E-state index contributed by atoms with van der Waals surface area (Å²) in [6, 6.07) is 0.668. The minimum absolute atomic E-state index is 0.248. The van der Waals surface area contributed by atoms with Crippen molar-refractivity contribution in [1.82, 2.24) is 4.90 Å². The molecule has 0 fully saturated rings. The Labute approximate surface area is 230 Å². The number of carbonyl (C=O) groups excluding carboxylic acids is 2. The lowest BCUT2D eigenvalue weighted by atomic mass is 10.2. The molecule has 0 aromatic heterocycles. The highest BCUT2D eigenvalue weighted by molar-refractivity contribution is 7.80. The van der Waals surface area contributed by atoms with E-state index < -0.39 is 8.80 Å². The summed E-state index contributed by atoms with van der Waals surface area (Å²) in [5, 5.41) is 0. The Bertz CT molecular complexity index is 597.